The Bertz CT molecular complexity index is 784. The summed E-state index contributed by atoms with van der Waals surface area (Å²) >= 11 is 0. The van der Waals surface area contributed by atoms with Gasteiger partial charge in [-0.2, -0.15) is 0 Å². The number of nitrogens with two attached hydrogens (primary N) is 1. The highest BCUT2D eigenvalue weighted by Gasteiger charge is 2.07. The molecule has 0 saturated carbocycles. The number of anilines is 2. The van der Waals surface area contributed by atoms with Crippen LogP contribution in [0.25, 0.3) is 22.1 Å². The van der Waals surface area contributed by atoms with Gasteiger partial charge in [0.05, 0.1) is 22.1 Å². The molecule has 104 valence electrons. The fourth-order valence-corrected chi connectivity index (χ4v) is 2.32. The first-order chi connectivity index (χ1) is 9.04. The molecule has 1 heterocycles. The maximum absolute atomic E-state index is 5.79. The molecule has 1 aromatic heterocycles. The van der Waals surface area contributed by atoms with E-state index in [2.05, 4.69) is 33.9 Å². The van der Waals surface area contributed by atoms with Gasteiger partial charge in [0.2, 0.25) is 0 Å². The van der Waals surface area contributed by atoms with Gasteiger partial charge in [-0.25, -0.2) is 9.97 Å². The van der Waals surface area contributed by atoms with Crippen molar-refractivity contribution < 1.29 is 0 Å². The van der Waals surface area contributed by atoms with Crippen molar-refractivity contribution in [3.8, 4) is 0 Å². The highest BCUT2D eigenvalue weighted by atomic mass is 35.5. The highest BCUT2D eigenvalue weighted by molar-refractivity contribution is 5.90. The minimum Gasteiger partial charge on any atom is -0.399 e. The fraction of sp³-hybridized carbons (Fsp3) is 0.200. The van der Waals surface area contributed by atoms with E-state index in [1.165, 1.54) is 5.56 Å². The molecule has 2 aromatic carbocycles. The zero-order valence-electron chi connectivity index (χ0n) is 11.7. The van der Waals surface area contributed by atoms with Crippen LogP contribution < -0.4 is 10.6 Å². The topological polar surface area (TPSA) is 55.0 Å². The van der Waals surface area contributed by atoms with Gasteiger partial charge in [-0.1, -0.05) is 0 Å². The van der Waals surface area contributed by atoms with Gasteiger partial charge in [-0.05, 0) is 42.8 Å². The van der Waals surface area contributed by atoms with Gasteiger partial charge in [-0.15, -0.1) is 12.4 Å². The SMILES string of the molecule is Cc1cc2nc3ccc(N)cc3nc2cc1N(C)C.Cl. The lowest BCUT2D eigenvalue weighted by atomic mass is 10.1. The van der Waals surface area contributed by atoms with E-state index in [0.29, 0.717) is 5.69 Å². The van der Waals surface area contributed by atoms with Crippen molar-refractivity contribution in [1.29, 1.82) is 0 Å². The van der Waals surface area contributed by atoms with E-state index < -0.39 is 0 Å². The van der Waals surface area contributed by atoms with Gasteiger partial charge in [0.1, 0.15) is 0 Å². The quantitative estimate of drug-likeness (QED) is 0.552. The van der Waals surface area contributed by atoms with E-state index in [9.17, 15) is 0 Å². The molecule has 3 aromatic rings. The molecule has 0 aliphatic heterocycles. The molecule has 0 aliphatic rings. The van der Waals surface area contributed by atoms with Crippen molar-refractivity contribution in [2.45, 2.75) is 6.92 Å². The Morgan fingerprint density at radius 3 is 2.20 bits per heavy atom. The molecule has 20 heavy (non-hydrogen) atoms. The van der Waals surface area contributed by atoms with Gasteiger partial charge in [0.25, 0.3) is 0 Å². The van der Waals surface area contributed by atoms with Gasteiger partial charge in [-0.3, -0.25) is 0 Å². The lowest BCUT2D eigenvalue weighted by Gasteiger charge is -2.16. The Kier molecular flexibility index (Phi) is 3.68. The number of hydrogen-bond donors (Lipinski definition) is 1. The molecule has 0 aliphatic carbocycles. The standard InChI is InChI=1S/C15H16N4.ClH/c1-9-6-12-14(8-15(9)19(2)3)18-13-7-10(16)4-5-11(13)17-12;/h4-8H,16H2,1-3H3;1H. The van der Waals surface area contributed by atoms with Crippen LogP contribution in [-0.4, -0.2) is 24.1 Å². The number of benzene rings is 2. The highest BCUT2D eigenvalue weighted by Crippen LogP contribution is 2.25. The molecular weight excluding hydrogens is 272 g/mol. The summed E-state index contributed by atoms with van der Waals surface area (Å²) in [5.41, 5.74) is 12.4. The monoisotopic (exact) mass is 288 g/mol. The largest absolute Gasteiger partial charge is 0.399 e. The number of nitrogens with zero attached hydrogens (tertiary/aromatic N) is 3. The number of nitrogen functional groups attached to an aromatic ring is 1. The van der Waals surface area contributed by atoms with Crippen LogP contribution in [0.15, 0.2) is 30.3 Å². The van der Waals surface area contributed by atoms with Crippen LogP contribution in [-0.2, 0) is 0 Å². The number of fused-ring (bicyclic) bond motifs is 2. The molecule has 3 rings (SSSR count). The second kappa shape index (κ2) is 5.13. The van der Waals surface area contributed by atoms with Crippen LogP contribution in [0.1, 0.15) is 5.56 Å². The maximum atomic E-state index is 5.79. The second-order valence-corrected chi connectivity index (χ2v) is 4.99. The molecule has 0 spiro atoms. The molecule has 5 heteroatoms. The zero-order chi connectivity index (χ0) is 13.6. The third kappa shape index (κ3) is 2.34. The van der Waals surface area contributed by atoms with E-state index in [-0.39, 0.29) is 12.4 Å². The minimum atomic E-state index is 0. The fourth-order valence-electron chi connectivity index (χ4n) is 2.32. The molecule has 0 amide bonds. The average molecular weight is 289 g/mol. The summed E-state index contributed by atoms with van der Waals surface area (Å²) in [5, 5.41) is 0. The Labute approximate surface area is 124 Å². The van der Waals surface area contributed by atoms with Gasteiger partial charge < -0.3 is 10.6 Å². The van der Waals surface area contributed by atoms with E-state index in [4.69, 9.17) is 5.73 Å². The van der Waals surface area contributed by atoms with E-state index in [1.807, 2.05) is 32.3 Å². The van der Waals surface area contributed by atoms with Crippen LogP contribution in [0.3, 0.4) is 0 Å². The second-order valence-electron chi connectivity index (χ2n) is 4.99. The molecule has 0 unspecified atom stereocenters. The normalized spacial score (nSPS) is 10.6. The Balaban J connectivity index is 0.00000147. The van der Waals surface area contributed by atoms with Gasteiger partial charge >= 0.3 is 0 Å². The van der Waals surface area contributed by atoms with Crippen LogP contribution in [0, 0.1) is 6.92 Å². The third-order valence-corrected chi connectivity index (χ3v) is 3.26. The van der Waals surface area contributed by atoms with Crippen LogP contribution in [0.5, 0.6) is 0 Å². The first-order valence-electron chi connectivity index (χ1n) is 6.19. The van der Waals surface area contributed by atoms with Crippen LogP contribution in [0.2, 0.25) is 0 Å². The number of rotatable bonds is 1. The first kappa shape index (κ1) is 14.3. The van der Waals surface area contributed by atoms with Gasteiger partial charge in [0, 0.05) is 25.5 Å². The smallest absolute Gasteiger partial charge is 0.0915 e. The summed E-state index contributed by atoms with van der Waals surface area (Å²) in [5.74, 6) is 0. The zero-order valence-corrected chi connectivity index (χ0v) is 12.5. The van der Waals surface area contributed by atoms with Gasteiger partial charge in [0.15, 0.2) is 0 Å². The predicted molar refractivity (Wildman–Crippen MR) is 87.8 cm³/mol. The first-order valence-corrected chi connectivity index (χ1v) is 6.19. The molecule has 0 bridgehead atoms. The molecule has 4 nitrogen and oxygen atoms in total. The summed E-state index contributed by atoms with van der Waals surface area (Å²) in [6.07, 6.45) is 0. The summed E-state index contributed by atoms with van der Waals surface area (Å²) in [6, 6.07) is 9.76. The van der Waals surface area contributed by atoms with Crippen molar-refractivity contribution in [3.63, 3.8) is 0 Å². The Hall–Kier alpha value is -2.07. The number of aryl methyl sites for hydroxylation is 1. The van der Waals surface area contributed by atoms with Crippen molar-refractivity contribution in [1.82, 2.24) is 9.97 Å². The van der Waals surface area contributed by atoms with E-state index in [0.717, 1.165) is 27.8 Å². The van der Waals surface area contributed by atoms with Crippen molar-refractivity contribution in [2.75, 3.05) is 24.7 Å². The summed E-state index contributed by atoms with van der Waals surface area (Å²) < 4.78 is 0. The lowest BCUT2D eigenvalue weighted by Crippen LogP contribution is -2.10. The summed E-state index contributed by atoms with van der Waals surface area (Å²) in [7, 11) is 4.06. The molecule has 0 radical (unpaired) electrons. The van der Waals surface area contributed by atoms with E-state index >= 15 is 0 Å². The molecule has 0 saturated heterocycles. The number of aromatic nitrogens is 2. The maximum Gasteiger partial charge on any atom is 0.0915 e. The van der Waals surface area contributed by atoms with E-state index in [1.54, 1.807) is 0 Å². The Morgan fingerprint density at radius 2 is 1.50 bits per heavy atom. The molecule has 2 N–H and O–H groups in total. The number of hydrogen-bond acceptors (Lipinski definition) is 4. The van der Waals surface area contributed by atoms with Crippen LogP contribution in [0.4, 0.5) is 11.4 Å². The van der Waals surface area contributed by atoms with Crippen molar-refractivity contribution in [2.24, 2.45) is 0 Å². The third-order valence-electron chi connectivity index (χ3n) is 3.26. The Morgan fingerprint density at radius 1 is 0.900 bits per heavy atom. The molecular formula is C15H17ClN4. The molecule has 0 fully saturated rings. The lowest BCUT2D eigenvalue weighted by molar-refractivity contribution is 1.12. The predicted octanol–water partition coefficient (Wildman–Crippen LogP) is 3.16. The van der Waals surface area contributed by atoms with Crippen molar-refractivity contribution >= 4 is 45.8 Å². The summed E-state index contributed by atoms with van der Waals surface area (Å²) in [6.45, 7) is 2.09. The average Bonchev–Trinajstić information content (AvgIpc) is 2.35. The van der Waals surface area contributed by atoms with Crippen LogP contribution >= 0.6 is 12.4 Å². The number of halogens is 1. The summed E-state index contributed by atoms with van der Waals surface area (Å²) in [4.78, 5) is 11.4. The minimum absolute atomic E-state index is 0. The van der Waals surface area contributed by atoms with Crippen molar-refractivity contribution in [3.05, 3.63) is 35.9 Å². The molecule has 0 atom stereocenters.